The van der Waals surface area contributed by atoms with E-state index in [0.717, 1.165) is 14.8 Å². The lowest BCUT2D eigenvalue weighted by Crippen LogP contribution is -2.13. The summed E-state index contributed by atoms with van der Waals surface area (Å²) in [6.07, 6.45) is 0. The minimum absolute atomic E-state index is 0.205. The number of hydrogen-bond donors (Lipinski definition) is 1. The number of carbonyl (C=O) groups is 1. The van der Waals surface area contributed by atoms with Crippen LogP contribution in [0.2, 0.25) is 10.0 Å². The number of nitrogens with one attached hydrogen (secondary N) is 1. The summed E-state index contributed by atoms with van der Waals surface area (Å²) in [6.45, 7) is 1.96. The van der Waals surface area contributed by atoms with Crippen molar-refractivity contribution in [2.24, 2.45) is 0 Å². The summed E-state index contributed by atoms with van der Waals surface area (Å²) in [5.41, 5.74) is 2.31. The molecule has 98 valence electrons. The first-order valence-corrected chi connectivity index (χ1v) is 7.34. The molecular weight excluding hydrogens is 396 g/mol. The van der Waals surface area contributed by atoms with Gasteiger partial charge in [-0.1, -0.05) is 29.3 Å². The van der Waals surface area contributed by atoms with Crippen LogP contribution in [0.25, 0.3) is 0 Å². The van der Waals surface area contributed by atoms with Crippen LogP contribution in [-0.4, -0.2) is 5.91 Å². The van der Waals surface area contributed by atoms with Gasteiger partial charge in [0, 0.05) is 14.8 Å². The SMILES string of the molecule is Cc1c(I)cccc1NC(=O)c1ccc(Cl)c(Cl)c1. The number of carbonyl (C=O) groups excluding carboxylic acids is 1. The highest BCUT2D eigenvalue weighted by Gasteiger charge is 2.10. The Hall–Kier alpha value is -0.780. The molecule has 2 rings (SSSR count). The lowest BCUT2D eigenvalue weighted by molar-refractivity contribution is 0.102. The summed E-state index contributed by atoms with van der Waals surface area (Å²) in [5.74, 6) is -0.205. The Morgan fingerprint density at radius 2 is 1.89 bits per heavy atom. The van der Waals surface area contributed by atoms with E-state index in [4.69, 9.17) is 23.2 Å². The average molecular weight is 406 g/mol. The van der Waals surface area contributed by atoms with Crippen molar-refractivity contribution in [1.82, 2.24) is 0 Å². The molecule has 5 heteroatoms. The highest BCUT2D eigenvalue weighted by atomic mass is 127. The Balaban J connectivity index is 2.26. The van der Waals surface area contributed by atoms with Crippen LogP contribution < -0.4 is 5.32 Å². The van der Waals surface area contributed by atoms with E-state index >= 15 is 0 Å². The number of anilines is 1. The molecule has 0 aromatic heterocycles. The molecule has 0 unspecified atom stereocenters. The molecule has 0 aliphatic heterocycles. The molecule has 0 heterocycles. The van der Waals surface area contributed by atoms with Gasteiger partial charge in [-0.2, -0.15) is 0 Å². The van der Waals surface area contributed by atoms with Crippen LogP contribution in [0.3, 0.4) is 0 Å². The van der Waals surface area contributed by atoms with Crippen molar-refractivity contribution < 1.29 is 4.79 Å². The third-order valence-electron chi connectivity index (χ3n) is 2.70. The van der Waals surface area contributed by atoms with E-state index in [1.807, 2.05) is 25.1 Å². The number of amides is 1. The smallest absolute Gasteiger partial charge is 0.255 e. The van der Waals surface area contributed by atoms with Crippen LogP contribution >= 0.6 is 45.8 Å². The zero-order valence-corrected chi connectivity index (χ0v) is 13.7. The summed E-state index contributed by atoms with van der Waals surface area (Å²) < 4.78 is 1.10. The number of halogens is 3. The van der Waals surface area contributed by atoms with E-state index in [1.54, 1.807) is 18.2 Å². The Morgan fingerprint density at radius 3 is 2.58 bits per heavy atom. The van der Waals surface area contributed by atoms with Crippen LogP contribution in [0, 0.1) is 10.5 Å². The third-order valence-corrected chi connectivity index (χ3v) is 4.61. The summed E-state index contributed by atoms with van der Waals surface area (Å²) >= 11 is 14.0. The third kappa shape index (κ3) is 3.41. The molecular formula is C14H10Cl2INO. The maximum Gasteiger partial charge on any atom is 0.255 e. The molecule has 0 aliphatic rings. The number of rotatable bonds is 2. The van der Waals surface area contributed by atoms with Crippen molar-refractivity contribution in [3.63, 3.8) is 0 Å². The van der Waals surface area contributed by atoms with Crippen molar-refractivity contribution in [3.05, 3.63) is 61.1 Å². The van der Waals surface area contributed by atoms with E-state index in [9.17, 15) is 4.79 Å². The Kier molecular flexibility index (Phi) is 4.71. The molecule has 1 N–H and O–H groups in total. The van der Waals surface area contributed by atoms with Gasteiger partial charge >= 0.3 is 0 Å². The van der Waals surface area contributed by atoms with Gasteiger partial charge in [0.25, 0.3) is 5.91 Å². The summed E-state index contributed by atoms with van der Waals surface area (Å²) in [5, 5.41) is 3.67. The fraction of sp³-hybridized carbons (Fsp3) is 0.0714. The van der Waals surface area contributed by atoms with Gasteiger partial charge in [-0.05, 0) is 65.4 Å². The van der Waals surface area contributed by atoms with Crippen molar-refractivity contribution in [3.8, 4) is 0 Å². The van der Waals surface area contributed by atoms with Crippen molar-refractivity contribution >= 4 is 57.4 Å². The van der Waals surface area contributed by atoms with E-state index in [-0.39, 0.29) is 5.91 Å². The normalized spacial score (nSPS) is 10.3. The van der Waals surface area contributed by atoms with Gasteiger partial charge in [0.05, 0.1) is 10.0 Å². The summed E-state index contributed by atoms with van der Waals surface area (Å²) in [4.78, 5) is 12.1. The zero-order chi connectivity index (χ0) is 14.0. The molecule has 2 aromatic carbocycles. The molecule has 0 spiro atoms. The van der Waals surface area contributed by atoms with Gasteiger partial charge < -0.3 is 5.32 Å². The van der Waals surface area contributed by atoms with Gasteiger partial charge in [0.2, 0.25) is 0 Å². The minimum atomic E-state index is -0.205. The molecule has 0 aliphatic carbocycles. The van der Waals surface area contributed by atoms with Gasteiger partial charge in [0.1, 0.15) is 0 Å². The molecule has 0 fully saturated rings. The molecule has 0 radical (unpaired) electrons. The second-order valence-corrected chi connectivity index (χ2v) is 5.97. The average Bonchev–Trinajstić information content (AvgIpc) is 2.38. The molecule has 0 atom stereocenters. The van der Waals surface area contributed by atoms with Gasteiger partial charge in [0.15, 0.2) is 0 Å². The van der Waals surface area contributed by atoms with E-state index < -0.39 is 0 Å². The largest absolute Gasteiger partial charge is 0.322 e. The molecule has 1 amide bonds. The second-order valence-electron chi connectivity index (χ2n) is 4.00. The predicted molar refractivity (Wildman–Crippen MR) is 88.3 cm³/mol. The molecule has 19 heavy (non-hydrogen) atoms. The van der Waals surface area contributed by atoms with Crippen LogP contribution in [0.5, 0.6) is 0 Å². The van der Waals surface area contributed by atoms with Gasteiger partial charge in [-0.3, -0.25) is 4.79 Å². The molecule has 2 aromatic rings. The van der Waals surface area contributed by atoms with Crippen LogP contribution in [-0.2, 0) is 0 Å². The zero-order valence-electron chi connectivity index (χ0n) is 10.0. The first-order valence-electron chi connectivity index (χ1n) is 5.50. The standard InChI is InChI=1S/C14H10Cl2INO/c1-8-12(17)3-2-4-13(8)18-14(19)9-5-6-10(15)11(16)7-9/h2-7H,1H3,(H,18,19). The fourth-order valence-electron chi connectivity index (χ4n) is 1.57. The van der Waals surface area contributed by atoms with E-state index in [1.165, 1.54) is 0 Å². The van der Waals surface area contributed by atoms with Crippen molar-refractivity contribution in [2.45, 2.75) is 6.92 Å². The van der Waals surface area contributed by atoms with Crippen molar-refractivity contribution in [2.75, 3.05) is 5.32 Å². The second kappa shape index (κ2) is 6.11. The van der Waals surface area contributed by atoms with Crippen LogP contribution in [0.1, 0.15) is 15.9 Å². The van der Waals surface area contributed by atoms with Crippen molar-refractivity contribution in [1.29, 1.82) is 0 Å². The van der Waals surface area contributed by atoms with Gasteiger partial charge in [-0.15, -0.1) is 0 Å². The Bertz CT molecular complexity index is 643. The molecule has 2 nitrogen and oxygen atoms in total. The molecule has 0 saturated heterocycles. The molecule has 0 saturated carbocycles. The van der Waals surface area contributed by atoms with Gasteiger partial charge in [-0.25, -0.2) is 0 Å². The minimum Gasteiger partial charge on any atom is -0.322 e. The highest BCUT2D eigenvalue weighted by molar-refractivity contribution is 14.1. The summed E-state index contributed by atoms with van der Waals surface area (Å²) in [7, 11) is 0. The number of benzene rings is 2. The van der Waals surface area contributed by atoms with Crippen LogP contribution in [0.15, 0.2) is 36.4 Å². The van der Waals surface area contributed by atoms with E-state index in [0.29, 0.717) is 15.6 Å². The van der Waals surface area contributed by atoms with Crippen LogP contribution in [0.4, 0.5) is 5.69 Å². The quantitative estimate of drug-likeness (QED) is 0.687. The monoisotopic (exact) mass is 405 g/mol. The maximum atomic E-state index is 12.1. The Morgan fingerprint density at radius 1 is 1.16 bits per heavy atom. The fourth-order valence-corrected chi connectivity index (χ4v) is 2.37. The molecule has 0 bridgehead atoms. The maximum absolute atomic E-state index is 12.1. The lowest BCUT2D eigenvalue weighted by atomic mass is 10.1. The topological polar surface area (TPSA) is 29.1 Å². The van der Waals surface area contributed by atoms with E-state index in [2.05, 4.69) is 27.9 Å². The highest BCUT2D eigenvalue weighted by Crippen LogP contribution is 2.24. The first-order chi connectivity index (χ1) is 8.99. The summed E-state index contributed by atoms with van der Waals surface area (Å²) in [6, 6.07) is 10.6. The first kappa shape index (κ1) is 14.6. The predicted octanol–water partition coefficient (Wildman–Crippen LogP) is 5.16. The number of hydrogen-bond acceptors (Lipinski definition) is 1. The Labute approximate surface area is 135 Å². The lowest BCUT2D eigenvalue weighted by Gasteiger charge is -2.10.